The van der Waals surface area contributed by atoms with Gasteiger partial charge in [-0.05, 0) is 66.5 Å². The van der Waals surface area contributed by atoms with Crippen LogP contribution in [0.3, 0.4) is 0 Å². The van der Waals surface area contributed by atoms with Crippen molar-refractivity contribution in [2.75, 3.05) is 7.11 Å². The smallest absolute Gasteiger partial charge is 0.170 e. The lowest BCUT2D eigenvalue weighted by Crippen LogP contribution is -2.29. The maximum Gasteiger partial charge on any atom is 0.170 e. The van der Waals surface area contributed by atoms with Crippen molar-refractivity contribution in [1.82, 2.24) is 19.8 Å². The van der Waals surface area contributed by atoms with E-state index in [4.69, 9.17) is 17.0 Å². The van der Waals surface area contributed by atoms with Crippen LogP contribution in [0.25, 0.3) is 0 Å². The van der Waals surface area contributed by atoms with Crippen molar-refractivity contribution in [1.29, 1.82) is 0 Å². The first kappa shape index (κ1) is 21.0. The van der Waals surface area contributed by atoms with Gasteiger partial charge in [0.05, 0.1) is 24.9 Å². The van der Waals surface area contributed by atoms with Gasteiger partial charge in [0.1, 0.15) is 5.75 Å². The van der Waals surface area contributed by atoms with E-state index in [1.54, 1.807) is 7.11 Å². The van der Waals surface area contributed by atoms with Crippen LogP contribution in [0.2, 0.25) is 0 Å². The van der Waals surface area contributed by atoms with Crippen molar-refractivity contribution >= 4 is 17.3 Å². The highest BCUT2D eigenvalue weighted by atomic mass is 32.1. The van der Waals surface area contributed by atoms with E-state index in [9.17, 15) is 0 Å². The summed E-state index contributed by atoms with van der Waals surface area (Å²) in [5.74, 6) is 0.864. The molecule has 1 aromatic carbocycles. The van der Waals surface area contributed by atoms with Gasteiger partial charge in [0.15, 0.2) is 5.11 Å². The highest BCUT2D eigenvalue weighted by Gasteiger charge is 2.40. The van der Waals surface area contributed by atoms with Crippen LogP contribution in [-0.4, -0.2) is 26.7 Å². The second-order valence-corrected chi connectivity index (χ2v) is 9.17. The van der Waals surface area contributed by atoms with Gasteiger partial charge in [0.2, 0.25) is 0 Å². The molecule has 1 saturated carbocycles. The summed E-state index contributed by atoms with van der Waals surface area (Å²) in [6, 6.07) is 17.3. The first-order valence-electron chi connectivity index (χ1n) is 11.5. The average molecular weight is 447 g/mol. The molecule has 1 aliphatic carbocycles. The lowest BCUT2D eigenvalue weighted by molar-refractivity contribution is 0.309. The van der Waals surface area contributed by atoms with Gasteiger partial charge in [0.25, 0.3) is 0 Å². The van der Waals surface area contributed by atoms with Crippen molar-refractivity contribution in [2.24, 2.45) is 0 Å². The lowest BCUT2D eigenvalue weighted by atomic mass is 9.95. The van der Waals surface area contributed by atoms with E-state index in [0.29, 0.717) is 6.04 Å². The average Bonchev–Trinajstić information content (AvgIpc) is 3.46. The van der Waals surface area contributed by atoms with Crippen molar-refractivity contribution in [3.8, 4) is 5.75 Å². The number of pyridine rings is 1. The number of rotatable bonds is 6. The topological polar surface area (TPSA) is 42.3 Å². The number of hydrogen-bond donors (Lipinski definition) is 1. The highest BCUT2D eigenvalue weighted by molar-refractivity contribution is 7.80. The highest BCUT2D eigenvalue weighted by Crippen LogP contribution is 2.40. The maximum absolute atomic E-state index is 5.83. The monoisotopic (exact) mass is 446 g/mol. The molecule has 5 nitrogen and oxygen atoms in total. The molecule has 5 rings (SSSR count). The van der Waals surface area contributed by atoms with Gasteiger partial charge in [-0.3, -0.25) is 4.98 Å². The summed E-state index contributed by atoms with van der Waals surface area (Å²) in [5, 5.41) is 4.33. The third kappa shape index (κ3) is 4.24. The Kier molecular flexibility index (Phi) is 6.12. The molecule has 2 aromatic heterocycles. The Bertz CT molecular complexity index is 1040. The van der Waals surface area contributed by atoms with Crippen LogP contribution in [-0.2, 0) is 6.54 Å². The van der Waals surface area contributed by atoms with Crippen LogP contribution in [0, 0.1) is 0 Å². The third-order valence-corrected chi connectivity index (χ3v) is 7.14. The zero-order valence-electron chi connectivity index (χ0n) is 18.5. The summed E-state index contributed by atoms with van der Waals surface area (Å²) >= 11 is 5.83. The fourth-order valence-corrected chi connectivity index (χ4v) is 5.38. The minimum atomic E-state index is 0.0177. The fourth-order valence-electron chi connectivity index (χ4n) is 5.08. The Morgan fingerprint density at radius 2 is 1.88 bits per heavy atom. The van der Waals surface area contributed by atoms with E-state index in [1.807, 2.05) is 30.5 Å². The molecule has 32 heavy (non-hydrogen) atoms. The van der Waals surface area contributed by atoms with Gasteiger partial charge in [0, 0.05) is 31.2 Å². The van der Waals surface area contributed by atoms with Crippen LogP contribution in [0.4, 0.5) is 0 Å². The van der Waals surface area contributed by atoms with Crippen LogP contribution < -0.4 is 10.1 Å². The quantitative estimate of drug-likeness (QED) is 0.502. The second kappa shape index (κ2) is 9.33. The number of thiocarbonyl (C=S) groups is 1. The van der Waals surface area contributed by atoms with Crippen molar-refractivity contribution in [2.45, 2.75) is 56.8 Å². The van der Waals surface area contributed by atoms with E-state index < -0.39 is 0 Å². The SMILES string of the molecule is COc1ccc(CN2C(=S)N[C@H](c3ccccn3)[C@@H]2c2ccn(C3CCCCC3)c2)cc1. The molecule has 0 spiro atoms. The molecule has 1 saturated heterocycles. The zero-order valence-corrected chi connectivity index (χ0v) is 19.3. The molecule has 2 aliphatic rings. The number of hydrogen-bond acceptors (Lipinski definition) is 3. The van der Waals surface area contributed by atoms with E-state index in [0.717, 1.165) is 23.1 Å². The predicted molar refractivity (Wildman–Crippen MR) is 131 cm³/mol. The maximum atomic E-state index is 5.83. The van der Waals surface area contributed by atoms with Crippen molar-refractivity contribution in [3.05, 3.63) is 83.9 Å². The van der Waals surface area contributed by atoms with E-state index in [1.165, 1.54) is 43.2 Å². The molecule has 1 N–H and O–H groups in total. The number of nitrogens with zero attached hydrogens (tertiary/aromatic N) is 3. The van der Waals surface area contributed by atoms with Crippen LogP contribution >= 0.6 is 12.2 Å². The Morgan fingerprint density at radius 1 is 1.06 bits per heavy atom. The Balaban J connectivity index is 1.47. The van der Waals surface area contributed by atoms with Gasteiger partial charge < -0.3 is 19.5 Å². The minimum Gasteiger partial charge on any atom is -0.497 e. The molecule has 6 heteroatoms. The summed E-state index contributed by atoms with van der Waals surface area (Å²) in [5.41, 5.74) is 3.50. The molecule has 2 fully saturated rings. The molecule has 0 radical (unpaired) electrons. The molecule has 2 atom stereocenters. The molecule has 0 unspecified atom stereocenters. The molecule has 0 amide bonds. The summed E-state index contributed by atoms with van der Waals surface area (Å²) in [7, 11) is 1.69. The normalized spacial score (nSPS) is 21.5. The predicted octanol–water partition coefficient (Wildman–Crippen LogP) is 5.57. The van der Waals surface area contributed by atoms with E-state index in [-0.39, 0.29) is 12.1 Å². The first-order chi connectivity index (χ1) is 15.7. The van der Waals surface area contributed by atoms with Crippen LogP contribution in [0.15, 0.2) is 67.1 Å². The fraction of sp³-hybridized carbons (Fsp3) is 0.385. The Hall–Kier alpha value is -2.86. The number of benzene rings is 1. The van der Waals surface area contributed by atoms with Gasteiger partial charge in [-0.2, -0.15) is 0 Å². The number of methoxy groups -OCH3 is 1. The zero-order chi connectivity index (χ0) is 21.9. The summed E-state index contributed by atoms with van der Waals surface area (Å²) < 4.78 is 7.75. The number of aromatic nitrogens is 2. The first-order valence-corrected chi connectivity index (χ1v) is 11.9. The number of ether oxygens (including phenoxy) is 1. The minimum absolute atomic E-state index is 0.0177. The second-order valence-electron chi connectivity index (χ2n) is 8.79. The molecular weight excluding hydrogens is 416 g/mol. The van der Waals surface area contributed by atoms with Crippen LogP contribution in [0.5, 0.6) is 5.75 Å². The largest absolute Gasteiger partial charge is 0.497 e. The van der Waals surface area contributed by atoms with Gasteiger partial charge in [-0.25, -0.2) is 0 Å². The number of nitrogens with one attached hydrogen (secondary N) is 1. The standard InChI is InChI=1S/C26H30N4OS/c1-31-22-12-10-19(11-13-22)17-30-25(24(28-26(30)32)23-9-5-6-15-27-23)20-14-16-29(18-20)21-7-3-2-4-8-21/h5-6,9-16,18,21,24-25H,2-4,7-8,17H2,1H3,(H,28,32)/t24-,25+/m1/s1. The molecule has 3 aromatic rings. The van der Waals surface area contributed by atoms with Gasteiger partial charge in [-0.1, -0.05) is 37.5 Å². The van der Waals surface area contributed by atoms with Crippen molar-refractivity contribution in [3.63, 3.8) is 0 Å². The molecule has 3 heterocycles. The Labute approximate surface area is 195 Å². The summed E-state index contributed by atoms with van der Waals surface area (Å²) in [6.45, 7) is 0.735. The molecule has 1 aliphatic heterocycles. The van der Waals surface area contributed by atoms with Crippen LogP contribution in [0.1, 0.15) is 67.1 Å². The molecular formula is C26H30N4OS. The molecule has 166 valence electrons. The summed E-state index contributed by atoms with van der Waals surface area (Å²) in [6.07, 6.45) is 13.0. The van der Waals surface area contributed by atoms with Gasteiger partial charge in [-0.15, -0.1) is 0 Å². The summed E-state index contributed by atoms with van der Waals surface area (Å²) in [4.78, 5) is 6.96. The van der Waals surface area contributed by atoms with Crippen molar-refractivity contribution < 1.29 is 4.74 Å². The molecule has 0 bridgehead atoms. The van der Waals surface area contributed by atoms with E-state index in [2.05, 4.69) is 56.4 Å². The third-order valence-electron chi connectivity index (χ3n) is 6.78. The lowest BCUT2D eigenvalue weighted by Gasteiger charge is -2.28. The van der Waals surface area contributed by atoms with Gasteiger partial charge >= 0.3 is 0 Å². The van der Waals surface area contributed by atoms with E-state index >= 15 is 0 Å². The Morgan fingerprint density at radius 3 is 2.59 bits per heavy atom.